The highest BCUT2D eigenvalue weighted by Crippen LogP contribution is 2.48. The van der Waals surface area contributed by atoms with E-state index in [9.17, 15) is 9.90 Å². The van der Waals surface area contributed by atoms with Gasteiger partial charge in [0, 0.05) is 18.6 Å². The Hall–Kier alpha value is -2.06. The Morgan fingerprint density at radius 3 is 2.91 bits per heavy atom. The molecular weight excluding hydrogens is 292 g/mol. The molecule has 0 aliphatic heterocycles. The third kappa shape index (κ3) is 3.04. The van der Waals surface area contributed by atoms with Crippen LogP contribution in [0.5, 0.6) is 5.75 Å². The third-order valence-corrected chi connectivity index (χ3v) is 5.29. The summed E-state index contributed by atoms with van der Waals surface area (Å²) in [6.45, 7) is 1.81. The Kier molecular flexibility index (Phi) is 4.53. The number of rotatable bonds is 5. The van der Waals surface area contributed by atoms with Crippen molar-refractivity contribution in [3.63, 3.8) is 0 Å². The number of aliphatic hydroxyl groups excluding tert-OH is 1. The first-order valence-electron chi connectivity index (χ1n) is 8.21. The van der Waals surface area contributed by atoms with Gasteiger partial charge in [-0.15, -0.1) is 0 Å². The zero-order valence-corrected chi connectivity index (χ0v) is 13.2. The molecule has 0 spiro atoms. The molecule has 3 rings (SSSR count). The molecule has 0 aromatic heterocycles. The van der Waals surface area contributed by atoms with Crippen LogP contribution in [0.3, 0.4) is 0 Å². The summed E-state index contributed by atoms with van der Waals surface area (Å²) >= 11 is 0. The molecule has 2 aliphatic carbocycles. The fraction of sp³-hybridized carbons (Fsp3) is 0.556. The molecule has 2 fully saturated rings. The number of nitrogens with one attached hydrogen (secondary N) is 1. The quantitative estimate of drug-likeness (QED) is 0.869. The minimum Gasteiger partial charge on any atom is -0.480 e. The highest BCUT2D eigenvalue weighted by Gasteiger charge is 2.48. The minimum absolute atomic E-state index is 0.0449. The molecule has 2 bridgehead atoms. The predicted molar refractivity (Wildman–Crippen MR) is 84.6 cm³/mol. The number of aliphatic hydroxyl groups is 1. The molecule has 1 amide bonds. The van der Waals surface area contributed by atoms with E-state index in [2.05, 4.69) is 11.4 Å². The van der Waals surface area contributed by atoms with Crippen molar-refractivity contribution in [3.05, 3.63) is 29.8 Å². The number of fused-ring (bicyclic) bond motifs is 2. The Morgan fingerprint density at radius 1 is 1.43 bits per heavy atom. The second-order valence-corrected chi connectivity index (χ2v) is 6.58. The normalized spacial score (nSPS) is 29.8. The first-order chi connectivity index (χ1) is 11.1. The van der Waals surface area contributed by atoms with Crippen LogP contribution in [-0.4, -0.2) is 29.8 Å². The number of hydrogen-bond acceptors (Lipinski definition) is 4. The summed E-state index contributed by atoms with van der Waals surface area (Å²) < 4.78 is 5.66. The molecule has 23 heavy (non-hydrogen) atoms. The maximum atomic E-state index is 12.4. The molecule has 0 saturated heterocycles. The fourth-order valence-corrected chi connectivity index (χ4v) is 4.09. The van der Waals surface area contributed by atoms with E-state index < -0.39 is 6.10 Å². The molecule has 122 valence electrons. The van der Waals surface area contributed by atoms with E-state index in [1.807, 2.05) is 0 Å². The monoisotopic (exact) mass is 314 g/mol. The van der Waals surface area contributed by atoms with Crippen LogP contribution in [0.15, 0.2) is 24.3 Å². The Morgan fingerprint density at radius 2 is 2.17 bits per heavy atom. The van der Waals surface area contributed by atoms with Crippen LogP contribution in [-0.2, 0) is 4.79 Å². The van der Waals surface area contributed by atoms with Gasteiger partial charge < -0.3 is 15.2 Å². The SMILES string of the molecule is CC(Oc1ccccc1C#N)C(=O)NC1C2CCC(C2)C1CO. The summed E-state index contributed by atoms with van der Waals surface area (Å²) in [6.07, 6.45) is 2.70. The topological polar surface area (TPSA) is 82.3 Å². The van der Waals surface area contributed by atoms with Gasteiger partial charge in [-0.25, -0.2) is 0 Å². The molecule has 0 heterocycles. The number of nitrogens with zero attached hydrogens (tertiary/aromatic N) is 1. The molecular formula is C18H22N2O3. The lowest BCUT2D eigenvalue weighted by atomic mass is 9.85. The van der Waals surface area contributed by atoms with Crippen molar-refractivity contribution in [2.24, 2.45) is 17.8 Å². The number of carbonyl (C=O) groups excluding carboxylic acids is 1. The number of hydrogen-bond donors (Lipinski definition) is 2. The number of carbonyl (C=O) groups is 1. The van der Waals surface area contributed by atoms with Gasteiger partial charge in [0.05, 0.1) is 5.56 Å². The van der Waals surface area contributed by atoms with Crippen molar-refractivity contribution in [2.75, 3.05) is 6.61 Å². The molecule has 5 heteroatoms. The van der Waals surface area contributed by atoms with Crippen LogP contribution in [0.25, 0.3) is 0 Å². The second kappa shape index (κ2) is 6.59. The zero-order valence-electron chi connectivity index (χ0n) is 13.2. The van der Waals surface area contributed by atoms with Crippen LogP contribution in [0.2, 0.25) is 0 Å². The minimum atomic E-state index is -0.678. The van der Waals surface area contributed by atoms with Gasteiger partial charge in [0.1, 0.15) is 11.8 Å². The average molecular weight is 314 g/mol. The maximum Gasteiger partial charge on any atom is 0.261 e. The van der Waals surface area contributed by atoms with Crippen LogP contribution >= 0.6 is 0 Å². The standard InChI is InChI=1S/C18H22N2O3/c1-11(23-16-5-3-2-4-14(16)9-19)18(22)20-17-13-7-6-12(8-13)15(17)10-21/h2-5,11-13,15,17,21H,6-8,10H2,1H3,(H,20,22). The third-order valence-electron chi connectivity index (χ3n) is 5.29. The van der Waals surface area contributed by atoms with Gasteiger partial charge in [-0.2, -0.15) is 5.26 Å². The highest BCUT2D eigenvalue weighted by atomic mass is 16.5. The van der Waals surface area contributed by atoms with Crippen molar-refractivity contribution in [1.29, 1.82) is 5.26 Å². The van der Waals surface area contributed by atoms with Crippen LogP contribution < -0.4 is 10.1 Å². The summed E-state index contributed by atoms with van der Waals surface area (Å²) in [5, 5.41) is 21.7. The molecule has 1 aromatic rings. The largest absolute Gasteiger partial charge is 0.480 e. The summed E-state index contributed by atoms with van der Waals surface area (Å²) in [7, 11) is 0. The lowest BCUT2D eigenvalue weighted by molar-refractivity contribution is -0.128. The van der Waals surface area contributed by atoms with Crippen molar-refractivity contribution < 1.29 is 14.6 Å². The average Bonchev–Trinajstić information content (AvgIpc) is 3.16. The van der Waals surface area contributed by atoms with E-state index >= 15 is 0 Å². The van der Waals surface area contributed by atoms with E-state index in [1.165, 1.54) is 0 Å². The van der Waals surface area contributed by atoms with Gasteiger partial charge in [0.25, 0.3) is 5.91 Å². The number of para-hydroxylation sites is 1. The molecule has 2 N–H and O–H groups in total. The summed E-state index contributed by atoms with van der Waals surface area (Å²) in [4.78, 5) is 12.4. The summed E-state index contributed by atoms with van der Waals surface area (Å²) in [6, 6.07) is 9.00. The predicted octanol–water partition coefficient (Wildman–Crippen LogP) is 1.85. The molecule has 1 aromatic carbocycles. The Labute approximate surface area is 136 Å². The fourth-order valence-electron chi connectivity index (χ4n) is 4.09. The van der Waals surface area contributed by atoms with Gasteiger partial charge in [0.15, 0.2) is 6.10 Å². The first-order valence-corrected chi connectivity index (χ1v) is 8.21. The summed E-state index contributed by atoms with van der Waals surface area (Å²) in [5.74, 6) is 1.40. The van der Waals surface area contributed by atoms with Gasteiger partial charge in [-0.05, 0) is 50.2 Å². The van der Waals surface area contributed by atoms with Crippen LogP contribution in [0.1, 0.15) is 31.7 Å². The first kappa shape index (κ1) is 15.8. The molecule has 5 atom stereocenters. The van der Waals surface area contributed by atoms with Gasteiger partial charge in [-0.3, -0.25) is 4.79 Å². The second-order valence-electron chi connectivity index (χ2n) is 6.58. The van der Waals surface area contributed by atoms with Crippen molar-refractivity contribution in [2.45, 2.75) is 38.3 Å². The van der Waals surface area contributed by atoms with Gasteiger partial charge >= 0.3 is 0 Å². The Balaban J connectivity index is 1.63. The van der Waals surface area contributed by atoms with Crippen LogP contribution in [0, 0.1) is 29.1 Å². The number of ether oxygens (including phenoxy) is 1. The van der Waals surface area contributed by atoms with Gasteiger partial charge in [0.2, 0.25) is 0 Å². The number of nitriles is 1. The zero-order chi connectivity index (χ0) is 16.4. The number of benzene rings is 1. The van der Waals surface area contributed by atoms with E-state index in [4.69, 9.17) is 10.00 Å². The summed E-state index contributed by atoms with van der Waals surface area (Å²) in [5.41, 5.74) is 0.417. The lowest BCUT2D eigenvalue weighted by Crippen LogP contribution is -2.49. The van der Waals surface area contributed by atoms with Crippen molar-refractivity contribution >= 4 is 5.91 Å². The maximum absolute atomic E-state index is 12.4. The molecule has 2 saturated carbocycles. The van der Waals surface area contributed by atoms with Crippen molar-refractivity contribution in [3.8, 4) is 11.8 Å². The van der Waals surface area contributed by atoms with E-state index in [0.717, 1.165) is 19.3 Å². The van der Waals surface area contributed by atoms with Gasteiger partial charge in [-0.1, -0.05) is 12.1 Å². The number of amides is 1. The van der Waals surface area contributed by atoms with E-state index in [1.54, 1.807) is 31.2 Å². The van der Waals surface area contributed by atoms with Crippen molar-refractivity contribution in [1.82, 2.24) is 5.32 Å². The van der Waals surface area contributed by atoms with E-state index in [-0.39, 0.29) is 24.5 Å². The molecule has 0 radical (unpaired) electrons. The molecule has 5 unspecified atom stereocenters. The Bertz CT molecular complexity index is 625. The highest BCUT2D eigenvalue weighted by molar-refractivity contribution is 5.81. The lowest BCUT2D eigenvalue weighted by Gasteiger charge is -2.31. The molecule has 5 nitrogen and oxygen atoms in total. The molecule has 2 aliphatic rings. The van der Waals surface area contributed by atoms with Crippen LogP contribution in [0.4, 0.5) is 0 Å². The van der Waals surface area contributed by atoms with E-state index in [0.29, 0.717) is 23.1 Å². The smallest absolute Gasteiger partial charge is 0.261 e.